The molecule has 0 radical (unpaired) electrons. The van der Waals surface area contributed by atoms with Crippen molar-refractivity contribution in [3.63, 3.8) is 0 Å². The molecule has 1 aromatic rings. The number of hydroxylamine groups is 2. The number of fused-ring (bicyclic) bond motifs is 1. The summed E-state index contributed by atoms with van der Waals surface area (Å²) in [6.45, 7) is 2.79. The molecule has 0 bridgehead atoms. The SMILES string of the molecule is CC(C)C[C@@H]1NC(=O)[C@@H](N(C)C(=O)[C@@H](NC(=O)[C@@H]2C[C@@H](F)CN2C(=O)C2(C(F)(F)F)CC(F)(F)C2)C2CC2)CCCCCCCN(C)C(=O)[C@H](CC(=O)ON2C(=O)c3ccccc3C2=O)N(C)C1=O. The summed E-state index contributed by atoms with van der Waals surface area (Å²) in [6, 6.07) is -1.60. The maximum atomic E-state index is 14.9. The second-order valence-corrected chi connectivity index (χ2v) is 19.5. The standard InChI is InChI=1S/C46H59F6N7O10/c1-25(2)19-30-40(65)57(5)33(21-34(60)69-59-38(63)28-13-10-11-14-29(28)39(59)64)41(66)55(3)18-12-8-6-7-9-15-31(36(61)53-30)56(4)42(67)35(26-16-17-26)54-37(62)32-20-27(47)22-58(32)43(68)44(46(50,51)52)23-45(48,49)24-44/h10-11,13-14,25-27,30-33,35H,6-9,12,15-24H2,1-5H3,(H,53,61)(H,54,62)/t27-,30+,31+,32+,33+,35+/m1/s1. The van der Waals surface area contributed by atoms with Crippen molar-refractivity contribution < 1.29 is 74.3 Å². The lowest BCUT2D eigenvalue weighted by atomic mass is 9.64. The summed E-state index contributed by atoms with van der Waals surface area (Å²) in [7, 11) is 4.05. The number of likely N-dealkylation sites (tertiary alicyclic amines) is 1. The molecule has 0 spiro atoms. The highest BCUT2D eigenvalue weighted by Gasteiger charge is 2.75. The molecule has 0 aromatic heterocycles. The van der Waals surface area contributed by atoms with Crippen LogP contribution in [-0.2, 0) is 38.4 Å². The van der Waals surface area contributed by atoms with Crippen molar-refractivity contribution >= 4 is 53.2 Å². The molecule has 6 atom stereocenters. The Labute approximate surface area is 394 Å². The number of hydrogen-bond acceptors (Lipinski definition) is 10. The van der Waals surface area contributed by atoms with Crippen LogP contribution in [0.4, 0.5) is 26.3 Å². The number of carbonyl (C=O) groups is 9. The Morgan fingerprint density at radius 1 is 0.899 bits per heavy atom. The third kappa shape index (κ3) is 11.3. The summed E-state index contributed by atoms with van der Waals surface area (Å²) in [5.41, 5.74) is -3.52. The molecule has 3 heterocycles. The summed E-state index contributed by atoms with van der Waals surface area (Å²) in [5.74, 6) is -13.6. The highest BCUT2D eigenvalue weighted by atomic mass is 19.4. The molecular formula is C46H59F6N7O10. The molecule has 0 unspecified atom stereocenters. The first-order valence-electron chi connectivity index (χ1n) is 23.3. The lowest BCUT2D eigenvalue weighted by Crippen LogP contribution is -2.65. The van der Waals surface area contributed by atoms with Crippen LogP contribution in [-0.4, -0.2) is 161 Å². The van der Waals surface area contributed by atoms with E-state index in [1.807, 2.05) is 0 Å². The van der Waals surface area contributed by atoms with Crippen LogP contribution >= 0.6 is 0 Å². The second-order valence-electron chi connectivity index (χ2n) is 19.5. The van der Waals surface area contributed by atoms with E-state index >= 15 is 0 Å². The number of carbonyl (C=O) groups excluding carboxylic acids is 9. The number of hydrogen-bond donors (Lipinski definition) is 2. The van der Waals surface area contributed by atoms with Gasteiger partial charge in [0, 0.05) is 47.0 Å². The van der Waals surface area contributed by atoms with Gasteiger partial charge in [0.1, 0.15) is 36.4 Å². The van der Waals surface area contributed by atoms with Crippen molar-refractivity contribution in [3.8, 4) is 0 Å². The van der Waals surface area contributed by atoms with Gasteiger partial charge in [-0.1, -0.05) is 56.7 Å². The van der Waals surface area contributed by atoms with E-state index in [-0.39, 0.29) is 41.5 Å². The molecule has 2 N–H and O–H groups in total. The van der Waals surface area contributed by atoms with Crippen LogP contribution in [0.1, 0.15) is 118 Å². The Morgan fingerprint density at radius 3 is 2.06 bits per heavy atom. The molecule has 8 amide bonds. The normalized spacial score (nSPS) is 26.3. The Hall–Kier alpha value is -5.77. The smallest absolute Gasteiger partial charge is 0.344 e. The van der Waals surface area contributed by atoms with Crippen molar-refractivity contribution in [1.29, 1.82) is 0 Å². The number of likely N-dealkylation sites (N-methyl/N-ethyl adjacent to an activating group) is 3. The van der Waals surface area contributed by atoms with Crippen LogP contribution in [0.5, 0.6) is 0 Å². The van der Waals surface area contributed by atoms with E-state index in [9.17, 15) is 69.5 Å². The Morgan fingerprint density at radius 2 is 1.49 bits per heavy atom. The van der Waals surface area contributed by atoms with Crippen LogP contribution < -0.4 is 10.6 Å². The van der Waals surface area contributed by atoms with E-state index in [2.05, 4.69) is 10.6 Å². The van der Waals surface area contributed by atoms with E-state index in [4.69, 9.17) is 4.84 Å². The molecule has 2 saturated heterocycles. The first-order valence-corrected chi connectivity index (χ1v) is 23.3. The molecule has 4 fully saturated rings. The first-order chi connectivity index (χ1) is 32.3. The van der Waals surface area contributed by atoms with E-state index in [1.54, 1.807) is 13.8 Å². The van der Waals surface area contributed by atoms with E-state index in [0.717, 1.165) is 9.80 Å². The van der Waals surface area contributed by atoms with Gasteiger partial charge in [0.2, 0.25) is 35.4 Å². The van der Waals surface area contributed by atoms with Gasteiger partial charge in [-0.15, -0.1) is 0 Å². The van der Waals surface area contributed by atoms with Crippen molar-refractivity contribution in [3.05, 3.63) is 35.4 Å². The maximum absolute atomic E-state index is 14.9. The third-order valence-electron chi connectivity index (χ3n) is 13.7. The minimum Gasteiger partial charge on any atom is -0.344 e. The molecule has 380 valence electrons. The number of imide groups is 1. The maximum Gasteiger partial charge on any atom is 0.403 e. The van der Waals surface area contributed by atoms with E-state index in [0.29, 0.717) is 49.8 Å². The van der Waals surface area contributed by atoms with Gasteiger partial charge in [-0.2, -0.15) is 13.2 Å². The zero-order chi connectivity index (χ0) is 50.9. The topological polar surface area (TPSA) is 203 Å². The second kappa shape index (κ2) is 20.7. The number of rotatable bonds is 11. The monoisotopic (exact) mass is 983 g/mol. The molecule has 69 heavy (non-hydrogen) atoms. The minimum atomic E-state index is -5.42. The average molecular weight is 984 g/mol. The zero-order valence-corrected chi connectivity index (χ0v) is 39.1. The molecule has 17 nitrogen and oxygen atoms in total. The number of halogens is 6. The predicted molar refractivity (Wildman–Crippen MR) is 230 cm³/mol. The number of amides is 8. The predicted octanol–water partition coefficient (Wildman–Crippen LogP) is 3.94. The summed E-state index contributed by atoms with van der Waals surface area (Å²) >= 11 is 0. The van der Waals surface area contributed by atoms with Crippen LogP contribution in [0.3, 0.4) is 0 Å². The number of benzene rings is 1. The van der Waals surface area contributed by atoms with Gasteiger partial charge in [0.05, 0.1) is 24.1 Å². The van der Waals surface area contributed by atoms with Gasteiger partial charge < -0.3 is 35.1 Å². The van der Waals surface area contributed by atoms with Gasteiger partial charge in [-0.25, -0.2) is 18.0 Å². The van der Waals surface area contributed by atoms with Gasteiger partial charge >= 0.3 is 12.1 Å². The molecule has 1 aromatic carbocycles. The van der Waals surface area contributed by atoms with Gasteiger partial charge in [0.15, 0.2) is 5.41 Å². The van der Waals surface area contributed by atoms with Crippen LogP contribution in [0.25, 0.3) is 0 Å². The largest absolute Gasteiger partial charge is 0.403 e. The third-order valence-corrected chi connectivity index (χ3v) is 13.7. The number of nitrogens with one attached hydrogen (secondary N) is 2. The molecule has 2 saturated carbocycles. The van der Waals surface area contributed by atoms with Gasteiger partial charge in [0.25, 0.3) is 17.7 Å². The average Bonchev–Trinajstić information content (AvgIpc) is 4.00. The number of nitrogens with zero attached hydrogens (tertiary/aromatic N) is 5. The van der Waals surface area contributed by atoms with Crippen molar-refractivity contribution in [2.24, 2.45) is 17.3 Å². The Bertz CT molecular complexity index is 2160. The van der Waals surface area contributed by atoms with Crippen molar-refractivity contribution in [1.82, 2.24) is 35.3 Å². The molecule has 3 aliphatic heterocycles. The molecule has 5 aliphatic rings. The lowest BCUT2D eigenvalue weighted by molar-refractivity contribution is -0.299. The summed E-state index contributed by atoms with van der Waals surface area (Å²) in [6.07, 6.45) is -9.02. The zero-order valence-electron chi connectivity index (χ0n) is 39.1. The van der Waals surface area contributed by atoms with Crippen molar-refractivity contribution in [2.45, 2.75) is 146 Å². The van der Waals surface area contributed by atoms with Crippen molar-refractivity contribution in [2.75, 3.05) is 34.2 Å². The summed E-state index contributed by atoms with van der Waals surface area (Å²) in [5, 5.41) is 5.50. The highest BCUT2D eigenvalue weighted by molar-refractivity contribution is 6.21. The van der Waals surface area contributed by atoms with E-state index < -0.39 is 145 Å². The molecule has 6 rings (SSSR count). The van der Waals surface area contributed by atoms with Crippen LogP contribution in [0.2, 0.25) is 0 Å². The van der Waals surface area contributed by atoms with E-state index in [1.165, 1.54) is 50.3 Å². The molecule has 2 aliphatic carbocycles. The molecular weight excluding hydrogens is 925 g/mol. The highest BCUT2D eigenvalue weighted by Crippen LogP contribution is 2.61. The van der Waals surface area contributed by atoms with Gasteiger partial charge in [-0.05, 0) is 56.1 Å². The quantitative estimate of drug-likeness (QED) is 0.242. The molecule has 23 heteroatoms. The van der Waals surface area contributed by atoms with Crippen LogP contribution in [0, 0.1) is 17.3 Å². The fraction of sp³-hybridized carbons (Fsp3) is 0.674. The minimum absolute atomic E-state index is 0.00155. The summed E-state index contributed by atoms with van der Waals surface area (Å²) in [4.78, 5) is 133. The van der Waals surface area contributed by atoms with Crippen LogP contribution in [0.15, 0.2) is 24.3 Å². The fourth-order valence-corrected chi connectivity index (χ4v) is 9.65. The Balaban J connectivity index is 1.21. The lowest BCUT2D eigenvalue weighted by Gasteiger charge is -2.48. The van der Waals surface area contributed by atoms with Gasteiger partial charge in [-0.3, -0.25) is 38.4 Å². The Kier molecular flexibility index (Phi) is 15.8. The summed E-state index contributed by atoms with van der Waals surface area (Å²) < 4.78 is 85.2. The number of alkyl halides is 6. The fourth-order valence-electron chi connectivity index (χ4n) is 9.65. The first kappa shape index (κ1) is 52.6.